The van der Waals surface area contributed by atoms with E-state index in [0.29, 0.717) is 0 Å². The summed E-state index contributed by atoms with van der Waals surface area (Å²) in [4.78, 5) is 0. The zero-order valence-corrected chi connectivity index (χ0v) is 19.4. The van der Waals surface area contributed by atoms with Crippen LogP contribution in [-0.2, 0) is 0 Å². The summed E-state index contributed by atoms with van der Waals surface area (Å²) >= 11 is 0. The lowest BCUT2D eigenvalue weighted by Crippen LogP contribution is -1.85. The SMILES string of the molecule is c1ccc2c(-c3ccc(-c4cccc5oc6ccccc6c45)cc3)c3c(cc2c1)oc1ccccc13. The van der Waals surface area contributed by atoms with Gasteiger partial charge in [-0.15, -0.1) is 0 Å². The lowest BCUT2D eigenvalue weighted by atomic mass is 9.91. The fraction of sp³-hybridized carbons (Fsp3) is 0. The van der Waals surface area contributed by atoms with Crippen LogP contribution in [0.3, 0.4) is 0 Å². The molecular weight excluding hydrogens is 440 g/mol. The topological polar surface area (TPSA) is 26.3 Å². The highest BCUT2D eigenvalue weighted by atomic mass is 16.3. The van der Waals surface area contributed by atoms with Crippen molar-refractivity contribution in [3.63, 3.8) is 0 Å². The number of hydrogen-bond donors (Lipinski definition) is 0. The molecule has 168 valence electrons. The van der Waals surface area contributed by atoms with Crippen molar-refractivity contribution < 1.29 is 8.83 Å². The molecule has 36 heavy (non-hydrogen) atoms. The quantitative estimate of drug-likeness (QED) is 0.256. The molecule has 0 N–H and O–H groups in total. The van der Waals surface area contributed by atoms with Crippen LogP contribution in [0.15, 0.2) is 130 Å². The van der Waals surface area contributed by atoms with Gasteiger partial charge in [-0.3, -0.25) is 0 Å². The molecule has 6 aromatic carbocycles. The Morgan fingerprint density at radius 2 is 0.972 bits per heavy atom. The van der Waals surface area contributed by atoms with Crippen LogP contribution < -0.4 is 0 Å². The van der Waals surface area contributed by atoms with E-state index in [4.69, 9.17) is 8.83 Å². The monoisotopic (exact) mass is 460 g/mol. The van der Waals surface area contributed by atoms with Crippen LogP contribution in [0.25, 0.3) is 76.9 Å². The van der Waals surface area contributed by atoms with Crippen LogP contribution in [0.1, 0.15) is 0 Å². The molecule has 2 heterocycles. The van der Waals surface area contributed by atoms with Gasteiger partial charge in [0.15, 0.2) is 0 Å². The van der Waals surface area contributed by atoms with E-state index in [9.17, 15) is 0 Å². The van der Waals surface area contributed by atoms with Gasteiger partial charge in [0.1, 0.15) is 22.3 Å². The molecule has 8 rings (SSSR count). The molecule has 2 nitrogen and oxygen atoms in total. The fourth-order valence-corrected chi connectivity index (χ4v) is 5.68. The molecule has 0 atom stereocenters. The third kappa shape index (κ3) is 2.73. The van der Waals surface area contributed by atoms with Crippen molar-refractivity contribution in [1.29, 1.82) is 0 Å². The third-order valence-electron chi connectivity index (χ3n) is 7.28. The van der Waals surface area contributed by atoms with E-state index in [2.05, 4.69) is 91.0 Å². The maximum Gasteiger partial charge on any atom is 0.136 e. The molecule has 0 saturated heterocycles. The van der Waals surface area contributed by atoms with Gasteiger partial charge < -0.3 is 8.83 Å². The molecule has 0 aliphatic rings. The summed E-state index contributed by atoms with van der Waals surface area (Å²) < 4.78 is 12.4. The minimum Gasteiger partial charge on any atom is -0.456 e. The van der Waals surface area contributed by atoms with Crippen LogP contribution in [0, 0.1) is 0 Å². The van der Waals surface area contributed by atoms with Gasteiger partial charge in [0.05, 0.1) is 0 Å². The molecule has 0 fully saturated rings. The smallest absolute Gasteiger partial charge is 0.136 e. The first-order valence-electron chi connectivity index (χ1n) is 12.2. The molecule has 0 radical (unpaired) electrons. The Morgan fingerprint density at radius 1 is 0.389 bits per heavy atom. The molecule has 0 aliphatic heterocycles. The second-order valence-electron chi connectivity index (χ2n) is 9.30. The van der Waals surface area contributed by atoms with Crippen LogP contribution >= 0.6 is 0 Å². The predicted molar refractivity (Wildman–Crippen MR) is 149 cm³/mol. The summed E-state index contributed by atoms with van der Waals surface area (Å²) in [6, 6.07) is 42.5. The van der Waals surface area contributed by atoms with E-state index in [0.717, 1.165) is 38.5 Å². The fourth-order valence-electron chi connectivity index (χ4n) is 5.68. The maximum atomic E-state index is 6.29. The largest absolute Gasteiger partial charge is 0.456 e. The van der Waals surface area contributed by atoms with E-state index < -0.39 is 0 Å². The van der Waals surface area contributed by atoms with Crippen molar-refractivity contribution in [2.75, 3.05) is 0 Å². The van der Waals surface area contributed by atoms with Crippen molar-refractivity contribution >= 4 is 54.6 Å². The molecule has 0 spiro atoms. The van der Waals surface area contributed by atoms with E-state index in [1.54, 1.807) is 0 Å². The number of hydrogen-bond acceptors (Lipinski definition) is 2. The summed E-state index contributed by atoms with van der Waals surface area (Å²) in [6.07, 6.45) is 0. The van der Waals surface area contributed by atoms with Gasteiger partial charge >= 0.3 is 0 Å². The lowest BCUT2D eigenvalue weighted by molar-refractivity contribution is 0.669. The number of furan rings is 2. The van der Waals surface area contributed by atoms with Crippen LogP contribution in [-0.4, -0.2) is 0 Å². The van der Waals surface area contributed by atoms with Gasteiger partial charge in [-0.2, -0.15) is 0 Å². The van der Waals surface area contributed by atoms with Gasteiger partial charge in [0.25, 0.3) is 0 Å². The van der Waals surface area contributed by atoms with Gasteiger partial charge in [-0.1, -0.05) is 97.1 Å². The molecule has 8 aromatic rings. The average Bonchev–Trinajstić information content (AvgIpc) is 3.50. The van der Waals surface area contributed by atoms with Crippen LogP contribution in [0.5, 0.6) is 0 Å². The number of para-hydroxylation sites is 2. The van der Waals surface area contributed by atoms with Gasteiger partial charge in [0.2, 0.25) is 0 Å². The number of fused-ring (bicyclic) bond motifs is 7. The van der Waals surface area contributed by atoms with Gasteiger partial charge in [0, 0.05) is 27.1 Å². The highest BCUT2D eigenvalue weighted by molar-refractivity contribution is 6.20. The third-order valence-corrected chi connectivity index (χ3v) is 7.28. The minimum absolute atomic E-state index is 0.915. The van der Waals surface area contributed by atoms with Gasteiger partial charge in [-0.05, 0) is 51.7 Å². The first-order valence-corrected chi connectivity index (χ1v) is 12.2. The Hall–Kier alpha value is -4.82. The normalized spacial score (nSPS) is 11.9. The van der Waals surface area contributed by atoms with Crippen molar-refractivity contribution in [3.8, 4) is 22.3 Å². The Kier molecular flexibility index (Phi) is 3.97. The Balaban J connectivity index is 1.38. The summed E-state index contributed by atoms with van der Waals surface area (Å²) in [6.45, 7) is 0. The Morgan fingerprint density at radius 3 is 1.75 bits per heavy atom. The summed E-state index contributed by atoms with van der Waals surface area (Å²) in [5, 5.41) is 7.03. The molecular formula is C34H20O2. The first kappa shape index (κ1) is 19.5. The second kappa shape index (κ2) is 7.34. The maximum absolute atomic E-state index is 6.29. The zero-order chi connectivity index (χ0) is 23.6. The second-order valence-corrected chi connectivity index (χ2v) is 9.30. The summed E-state index contributed by atoms with van der Waals surface area (Å²) in [7, 11) is 0. The van der Waals surface area contributed by atoms with E-state index in [-0.39, 0.29) is 0 Å². The summed E-state index contributed by atoms with van der Waals surface area (Å²) in [5.41, 5.74) is 8.41. The lowest BCUT2D eigenvalue weighted by Gasteiger charge is -2.11. The highest BCUT2D eigenvalue weighted by Gasteiger charge is 2.17. The van der Waals surface area contributed by atoms with Crippen molar-refractivity contribution in [2.24, 2.45) is 0 Å². The Bertz CT molecular complexity index is 2090. The average molecular weight is 461 g/mol. The van der Waals surface area contributed by atoms with Crippen LogP contribution in [0.2, 0.25) is 0 Å². The van der Waals surface area contributed by atoms with Crippen molar-refractivity contribution in [2.45, 2.75) is 0 Å². The molecule has 0 aliphatic carbocycles. The van der Waals surface area contributed by atoms with E-state index in [1.165, 1.54) is 38.4 Å². The number of rotatable bonds is 2. The van der Waals surface area contributed by atoms with Crippen LogP contribution in [0.4, 0.5) is 0 Å². The van der Waals surface area contributed by atoms with Gasteiger partial charge in [-0.25, -0.2) is 0 Å². The predicted octanol–water partition coefficient (Wildman–Crippen LogP) is 9.97. The van der Waals surface area contributed by atoms with E-state index in [1.807, 2.05) is 30.3 Å². The first-order chi connectivity index (χ1) is 17.8. The molecule has 2 heteroatoms. The molecule has 0 bridgehead atoms. The molecule has 0 saturated carbocycles. The van der Waals surface area contributed by atoms with Crippen molar-refractivity contribution in [3.05, 3.63) is 121 Å². The standard InChI is InChI=1S/C34H20O2/c1-2-9-25-23(8-1)20-31-34(27-11-4-6-14-29(27)36-31)32(25)22-18-16-21(17-19-22)24-12-7-15-30-33(24)26-10-3-5-13-28(26)35-30/h1-20H. The minimum atomic E-state index is 0.915. The van der Waals surface area contributed by atoms with E-state index >= 15 is 0 Å². The molecule has 0 unspecified atom stereocenters. The Labute approximate surface area is 207 Å². The highest BCUT2D eigenvalue weighted by Crippen LogP contribution is 2.43. The summed E-state index contributed by atoms with van der Waals surface area (Å²) in [5.74, 6) is 0. The van der Waals surface area contributed by atoms with Crippen molar-refractivity contribution in [1.82, 2.24) is 0 Å². The molecule has 0 amide bonds. The number of benzene rings is 6. The molecule has 2 aromatic heterocycles. The zero-order valence-electron chi connectivity index (χ0n) is 19.4.